The summed E-state index contributed by atoms with van der Waals surface area (Å²) in [5.74, 6) is 0.593. The van der Waals surface area contributed by atoms with E-state index in [9.17, 15) is 9.59 Å². The zero-order chi connectivity index (χ0) is 13.8. The molecule has 0 atom stereocenters. The minimum Gasteiger partial charge on any atom is -0.309 e. The molecule has 5 nitrogen and oxygen atoms in total. The predicted molar refractivity (Wildman–Crippen MR) is 75.6 cm³/mol. The molecule has 2 rings (SSSR count). The van der Waals surface area contributed by atoms with Gasteiger partial charge < -0.3 is 4.90 Å². The summed E-state index contributed by atoms with van der Waals surface area (Å²) in [6.07, 6.45) is 4.96. The van der Waals surface area contributed by atoms with E-state index in [0.717, 1.165) is 25.1 Å². The van der Waals surface area contributed by atoms with Gasteiger partial charge in [0, 0.05) is 6.08 Å². The predicted octanol–water partition coefficient (Wildman–Crippen LogP) is 1.75. The Labute approximate surface area is 116 Å². The SMILES string of the molecule is CN(C)CCCCSC1=CC(=O)c2[nH]ncc2C1=O. The van der Waals surface area contributed by atoms with Crippen LogP contribution in [-0.2, 0) is 0 Å². The number of carbonyl (C=O) groups excluding carboxylic acids is 2. The van der Waals surface area contributed by atoms with Crippen molar-refractivity contribution < 1.29 is 9.59 Å². The quantitative estimate of drug-likeness (QED) is 0.804. The molecule has 1 heterocycles. The number of aromatic nitrogens is 2. The van der Waals surface area contributed by atoms with Crippen molar-refractivity contribution >= 4 is 23.3 Å². The summed E-state index contributed by atoms with van der Waals surface area (Å²) >= 11 is 1.46. The Morgan fingerprint density at radius 1 is 1.32 bits per heavy atom. The van der Waals surface area contributed by atoms with Crippen molar-refractivity contribution in [3.63, 3.8) is 0 Å². The fourth-order valence-corrected chi connectivity index (χ4v) is 2.85. The topological polar surface area (TPSA) is 66.1 Å². The number of hydrogen-bond donors (Lipinski definition) is 1. The summed E-state index contributed by atoms with van der Waals surface area (Å²) in [5.41, 5.74) is 0.699. The number of thioether (sulfide) groups is 1. The second-order valence-electron chi connectivity index (χ2n) is 4.72. The number of Topliss-reactive ketones (excluding diaryl/α,β-unsaturated/α-hetero) is 1. The lowest BCUT2D eigenvalue weighted by atomic mass is 10.0. The van der Waals surface area contributed by atoms with E-state index in [4.69, 9.17) is 0 Å². The molecule has 0 saturated carbocycles. The molecule has 1 aliphatic rings. The molecule has 1 aliphatic carbocycles. The highest BCUT2D eigenvalue weighted by molar-refractivity contribution is 8.04. The number of allylic oxidation sites excluding steroid dienone is 2. The first-order valence-corrected chi connectivity index (χ1v) is 7.20. The van der Waals surface area contributed by atoms with Crippen LogP contribution in [0.1, 0.15) is 33.7 Å². The average molecular weight is 279 g/mol. The lowest BCUT2D eigenvalue weighted by Gasteiger charge is -2.11. The molecular weight excluding hydrogens is 262 g/mol. The van der Waals surface area contributed by atoms with E-state index in [1.54, 1.807) is 0 Å². The molecule has 6 heteroatoms. The molecule has 0 aliphatic heterocycles. The van der Waals surface area contributed by atoms with Crippen molar-refractivity contribution in [3.8, 4) is 0 Å². The van der Waals surface area contributed by atoms with Crippen LogP contribution in [0.4, 0.5) is 0 Å². The molecule has 102 valence electrons. The number of ketones is 2. The first kappa shape index (κ1) is 14.0. The minimum atomic E-state index is -0.164. The highest BCUT2D eigenvalue weighted by Crippen LogP contribution is 2.27. The highest BCUT2D eigenvalue weighted by Gasteiger charge is 2.27. The molecule has 0 amide bonds. The lowest BCUT2D eigenvalue weighted by molar-refractivity contribution is 0.0989. The molecule has 0 bridgehead atoms. The third kappa shape index (κ3) is 3.33. The second kappa shape index (κ2) is 6.16. The van der Waals surface area contributed by atoms with Crippen LogP contribution in [-0.4, -0.2) is 53.1 Å². The number of nitrogens with zero attached hydrogens (tertiary/aromatic N) is 2. The number of unbranched alkanes of at least 4 members (excludes halogenated alkanes) is 1. The number of hydrogen-bond acceptors (Lipinski definition) is 5. The average Bonchev–Trinajstić information content (AvgIpc) is 2.84. The number of carbonyl (C=O) groups is 2. The van der Waals surface area contributed by atoms with E-state index in [1.807, 2.05) is 14.1 Å². The molecule has 1 aromatic rings. The first-order chi connectivity index (χ1) is 9.09. The Kier molecular flexibility index (Phi) is 4.55. The molecule has 0 spiro atoms. The second-order valence-corrected chi connectivity index (χ2v) is 5.86. The van der Waals surface area contributed by atoms with Gasteiger partial charge in [0.05, 0.1) is 16.7 Å². The molecule has 0 fully saturated rings. The maximum Gasteiger partial charge on any atom is 0.205 e. The van der Waals surface area contributed by atoms with Gasteiger partial charge in [-0.3, -0.25) is 14.7 Å². The normalized spacial score (nSPS) is 14.8. The van der Waals surface area contributed by atoms with Crippen LogP contribution in [0.2, 0.25) is 0 Å². The number of nitrogens with one attached hydrogen (secondary N) is 1. The largest absolute Gasteiger partial charge is 0.309 e. The van der Waals surface area contributed by atoms with Gasteiger partial charge >= 0.3 is 0 Å². The Morgan fingerprint density at radius 2 is 2.11 bits per heavy atom. The molecule has 1 N–H and O–H groups in total. The monoisotopic (exact) mass is 279 g/mol. The van der Waals surface area contributed by atoms with E-state index in [-0.39, 0.29) is 11.6 Å². The van der Waals surface area contributed by atoms with Gasteiger partial charge in [-0.15, -0.1) is 11.8 Å². The van der Waals surface area contributed by atoms with Gasteiger partial charge in [0.2, 0.25) is 11.6 Å². The highest BCUT2D eigenvalue weighted by atomic mass is 32.2. The lowest BCUT2D eigenvalue weighted by Crippen LogP contribution is -2.15. The van der Waals surface area contributed by atoms with Crippen molar-refractivity contribution in [1.82, 2.24) is 15.1 Å². The van der Waals surface area contributed by atoms with Crippen LogP contribution in [0.5, 0.6) is 0 Å². The Bertz CT molecular complexity index is 520. The van der Waals surface area contributed by atoms with Crippen molar-refractivity contribution in [2.75, 3.05) is 26.4 Å². The summed E-state index contributed by atoms with van der Waals surface area (Å²) in [4.78, 5) is 26.5. The number of H-pyrrole nitrogens is 1. The smallest absolute Gasteiger partial charge is 0.205 e. The summed E-state index contributed by atoms with van der Waals surface area (Å²) < 4.78 is 0. The summed E-state index contributed by atoms with van der Waals surface area (Å²) in [6.45, 7) is 1.04. The van der Waals surface area contributed by atoms with Gasteiger partial charge in [0.15, 0.2) is 0 Å². The zero-order valence-electron chi connectivity index (χ0n) is 11.1. The van der Waals surface area contributed by atoms with E-state index in [1.165, 1.54) is 24.0 Å². The van der Waals surface area contributed by atoms with Gasteiger partial charge in [-0.1, -0.05) is 0 Å². The van der Waals surface area contributed by atoms with Crippen LogP contribution in [0.25, 0.3) is 0 Å². The van der Waals surface area contributed by atoms with Gasteiger partial charge in [0.25, 0.3) is 0 Å². The van der Waals surface area contributed by atoms with Crippen molar-refractivity contribution in [3.05, 3.63) is 28.4 Å². The summed E-state index contributed by atoms with van der Waals surface area (Å²) in [6, 6.07) is 0. The van der Waals surface area contributed by atoms with Crippen LogP contribution in [0.15, 0.2) is 17.2 Å². The van der Waals surface area contributed by atoms with Crippen LogP contribution in [0, 0.1) is 0 Å². The zero-order valence-corrected chi connectivity index (χ0v) is 11.9. The Morgan fingerprint density at radius 3 is 2.84 bits per heavy atom. The third-order valence-electron chi connectivity index (χ3n) is 2.87. The fraction of sp³-hybridized carbons (Fsp3) is 0.462. The van der Waals surface area contributed by atoms with Crippen molar-refractivity contribution in [2.24, 2.45) is 0 Å². The third-order valence-corrected chi connectivity index (χ3v) is 3.98. The van der Waals surface area contributed by atoms with Crippen LogP contribution in [0.3, 0.4) is 0 Å². The van der Waals surface area contributed by atoms with Crippen LogP contribution < -0.4 is 0 Å². The number of rotatable bonds is 6. The van der Waals surface area contributed by atoms with E-state index in [2.05, 4.69) is 15.1 Å². The van der Waals surface area contributed by atoms with Gasteiger partial charge in [-0.2, -0.15) is 5.10 Å². The number of aromatic amines is 1. The minimum absolute atomic E-state index is 0.0963. The molecule has 0 radical (unpaired) electrons. The van der Waals surface area contributed by atoms with Crippen molar-refractivity contribution in [2.45, 2.75) is 12.8 Å². The molecule has 1 aromatic heterocycles. The molecule has 0 aromatic carbocycles. The van der Waals surface area contributed by atoms with Crippen molar-refractivity contribution in [1.29, 1.82) is 0 Å². The van der Waals surface area contributed by atoms with Gasteiger partial charge in [0.1, 0.15) is 5.69 Å². The van der Waals surface area contributed by atoms with Gasteiger partial charge in [-0.05, 0) is 39.2 Å². The molecular formula is C13H17N3O2S. The molecule has 0 saturated heterocycles. The van der Waals surface area contributed by atoms with Gasteiger partial charge in [-0.25, -0.2) is 0 Å². The van der Waals surface area contributed by atoms with E-state index < -0.39 is 0 Å². The summed E-state index contributed by atoms with van der Waals surface area (Å²) in [5, 5.41) is 6.32. The maximum absolute atomic E-state index is 12.1. The van der Waals surface area contributed by atoms with E-state index in [0.29, 0.717) is 16.2 Å². The fourth-order valence-electron chi connectivity index (χ4n) is 1.86. The number of fused-ring (bicyclic) bond motifs is 1. The molecule has 0 unspecified atom stereocenters. The van der Waals surface area contributed by atoms with Crippen LogP contribution >= 0.6 is 11.8 Å². The summed E-state index contributed by atoms with van der Waals surface area (Å²) in [7, 11) is 4.08. The molecule has 19 heavy (non-hydrogen) atoms. The first-order valence-electron chi connectivity index (χ1n) is 6.21. The Hall–Kier alpha value is -1.40. The standard InChI is InChI=1S/C13H17N3O2S/c1-16(2)5-3-4-6-19-11-7-10(17)12-9(13(11)18)8-14-15-12/h7-8H,3-6H2,1-2H3,(H,14,15). The Balaban J connectivity index is 1.88. The van der Waals surface area contributed by atoms with E-state index >= 15 is 0 Å². The maximum atomic E-state index is 12.1.